The molecule has 1 saturated heterocycles. The standard InChI is InChI=1S/C25H26Cl2FN5O2/c1-31-8-10-32(11-9-31)30-25(34)23-20-15-35-14-17(12-16-2-5-19(28)6-3-16)24(20)33(29-23)22-7-4-18(26)13-21(22)27/h2-7,13,17H,8-12,14-15H2,1H3,(H,30,34). The Kier molecular flexibility index (Phi) is 7.09. The zero-order valence-electron chi connectivity index (χ0n) is 19.3. The number of ether oxygens (including phenoxy) is 1. The maximum absolute atomic E-state index is 13.5. The molecule has 1 atom stereocenters. The molecule has 3 aromatic rings. The van der Waals surface area contributed by atoms with E-state index in [0.717, 1.165) is 43.0 Å². The number of hydrazine groups is 1. The molecule has 184 valence electrons. The minimum absolute atomic E-state index is 0.103. The van der Waals surface area contributed by atoms with Crippen molar-refractivity contribution in [2.45, 2.75) is 18.9 Å². The van der Waals surface area contributed by atoms with Crippen LogP contribution in [-0.2, 0) is 17.8 Å². The molecule has 1 amide bonds. The largest absolute Gasteiger partial charge is 0.376 e. The number of nitrogens with zero attached hydrogens (tertiary/aromatic N) is 4. The SMILES string of the molecule is CN1CCN(NC(=O)c2nn(-c3ccc(Cl)cc3Cl)c3c2COCC3Cc2ccc(F)cc2)CC1. The van der Waals surface area contributed by atoms with Gasteiger partial charge in [-0.2, -0.15) is 5.10 Å². The lowest BCUT2D eigenvalue weighted by Gasteiger charge is -2.32. The maximum atomic E-state index is 13.5. The van der Waals surface area contributed by atoms with Gasteiger partial charge in [-0.05, 0) is 49.4 Å². The van der Waals surface area contributed by atoms with Gasteiger partial charge in [0, 0.05) is 42.7 Å². The summed E-state index contributed by atoms with van der Waals surface area (Å²) >= 11 is 12.7. The number of nitrogens with one attached hydrogen (secondary N) is 1. The van der Waals surface area contributed by atoms with E-state index in [2.05, 4.69) is 17.4 Å². The molecule has 3 heterocycles. The molecule has 0 spiro atoms. The molecule has 5 rings (SSSR count). The molecule has 0 aliphatic carbocycles. The first-order chi connectivity index (χ1) is 16.9. The first kappa shape index (κ1) is 24.2. The summed E-state index contributed by atoms with van der Waals surface area (Å²) in [5.74, 6) is -0.663. The quantitative estimate of drug-likeness (QED) is 0.552. The molecule has 2 aliphatic rings. The molecule has 0 radical (unpaired) electrons. The lowest BCUT2D eigenvalue weighted by molar-refractivity contribution is 0.0643. The predicted molar refractivity (Wildman–Crippen MR) is 133 cm³/mol. The average molecular weight is 518 g/mol. The zero-order chi connectivity index (χ0) is 24.5. The Morgan fingerprint density at radius 3 is 2.60 bits per heavy atom. The van der Waals surface area contributed by atoms with Crippen LogP contribution in [0.15, 0.2) is 42.5 Å². The average Bonchev–Trinajstić information content (AvgIpc) is 3.23. The number of benzene rings is 2. The van der Waals surface area contributed by atoms with Crippen molar-refractivity contribution in [1.82, 2.24) is 25.1 Å². The molecule has 7 nitrogen and oxygen atoms in total. The highest BCUT2D eigenvalue weighted by Crippen LogP contribution is 2.36. The van der Waals surface area contributed by atoms with Crippen molar-refractivity contribution < 1.29 is 13.9 Å². The van der Waals surface area contributed by atoms with Crippen LogP contribution in [0.3, 0.4) is 0 Å². The summed E-state index contributed by atoms with van der Waals surface area (Å²) in [7, 11) is 2.06. The van der Waals surface area contributed by atoms with E-state index in [9.17, 15) is 9.18 Å². The van der Waals surface area contributed by atoms with E-state index < -0.39 is 0 Å². The minimum Gasteiger partial charge on any atom is -0.376 e. The highest BCUT2D eigenvalue weighted by Gasteiger charge is 2.33. The Hall–Kier alpha value is -2.49. The van der Waals surface area contributed by atoms with Crippen LogP contribution in [0.1, 0.15) is 33.2 Å². The fraction of sp³-hybridized carbons (Fsp3) is 0.360. The summed E-state index contributed by atoms with van der Waals surface area (Å²) in [4.78, 5) is 15.6. The second-order valence-electron chi connectivity index (χ2n) is 8.99. The first-order valence-electron chi connectivity index (χ1n) is 11.5. The van der Waals surface area contributed by atoms with Crippen LogP contribution in [-0.4, -0.2) is 65.4 Å². The number of rotatable bonds is 5. The highest BCUT2D eigenvalue weighted by atomic mass is 35.5. The third kappa shape index (κ3) is 5.22. The fourth-order valence-corrected chi connectivity index (χ4v) is 5.09. The van der Waals surface area contributed by atoms with E-state index >= 15 is 0 Å². The van der Waals surface area contributed by atoms with Gasteiger partial charge >= 0.3 is 0 Å². The first-order valence-corrected chi connectivity index (χ1v) is 12.3. The topological polar surface area (TPSA) is 62.6 Å². The van der Waals surface area contributed by atoms with Gasteiger partial charge in [0.1, 0.15) is 5.82 Å². The lowest BCUT2D eigenvalue weighted by Crippen LogP contribution is -2.52. The Balaban J connectivity index is 1.53. The smallest absolute Gasteiger partial charge is 0.286 e. The Morgan fingerprint density at radius 1 is 1.14 bits per heavy atom. The molecular weight excluding hydrogens is 492 g/mol. The van der Waals surface area contributed by atoms with E-state index in [4.69, 9.17) is 33.0 Å². The molecule has 2 aromatic carbocycles. The molecule has 0 saturated carbocycles. The Labute approximate surface area is 213 Å². The number of fused-ring (bicyclic) bond motifs is 1. The van der Waals surface area contributed by atoms with Gasteiger partial charge < -0.3 is 9.64 Å². The summed E-state index contributed by atoms with van der Waals surface area (Å²) in [6.07, 6.45) is 0.601. The summed E-state index contributed by atoms with van der Waals surface area (Å²) in [6.45, 7) is 3.93. The van der Waals surface area contributed by atoms with Gasteiger partial charge in [0.2, 0.25) is 0 Å². The van der Waals surface area contributed by atoms with Crippen molar-refractivity contribution in [3.05, 3.63) is 80.8 Å². The number of amides is 1. The van der Waals surface area contributed by atoms with Gasteiger partial charge in [0.25, 0.3) is 5.91 Å². The van der Waals surface area contributed by atoms with Crippen LogP contribution in [0.5, 0.6) is 0 Å². The summed E-state index contributed by atoms with van der Waals surface area (Å²) in [6, 6.07) is 11.6. The van der Waals surface area contributed by atoms with Crippen molar-refractivity contribution in [3.8, 4) is 5.69 Å². The molecule has 2 aliphatic heterocycles. The number of carbonyl (C=O) groups is 1. The number of aromatic nitrogens is 2. The van der Waals surface area contributed by atoms with Crippen molar-refractivity contribution in [1.29, 1.82) is 0 Å². The molecule has 0 bridgehead atoms. The second-order valence-corrected chi connectivity index (χ2v) is 9.84. The summed E-state index contributed by atoms with van der Waals surface area (Å²) in [5.41, 5.74) is 6.53. The van der Waals surface area contributed by atoms with Crippen LogP contribution in [0.4, 0.5) is 4.39 Å². The van der Waals surface area contributed by atoms with Crippen LogP contribution in [0, 0.1) is 5.82 Å². The van der Waals surface area contributed by atoms with Gasteiger partial charge in [-0.3, -0.25) is 10.2 Å². The Bertz CT molecular complexity index is 1230. The highest BCUT2D eigenvalue weighted by molar-refractivity contribution is 6.35. The molecule has 1 unspecified atom stereocenters. The van der Waals surface area contributed by atoms with Crippen molar-refractivity contribution in [3.63, 3.8) is 0 Å². The van der Waals surface area contributed by atoms with E-state index in [0.29, 0.717) is 34.5 Å². The number of halogens is 3. The number of piperazine rings is 1. The molecule has 1 aromatic heterocycles. The van der Waals surface area contributed by atoms with E-state index in [1.54, 1.807) is 35.0 Å². The second kappa shape index (κ2) is 10.2. The van der Waals surface area contributed by atoms with Crippen LogP contribution < -0.4 is 5.43 Å². The van der Waals surface area contributed by atoms with Gasteiger partial charge in [-0.1, -0.05) is 35.3 Å². The Morgan fingerprint density at radius 2 is 1.89 bits per heavy atom. The summed E-state index contributed by atoms with van der Waals surface area (Å²) in [5, 5.41) is 7.60. The third-order valence-electron chi connectivity index (χ3n) is 6.49. The monoisotopic (exact) mass is 517 g/mol. The lowest BCUT2D eigenvalue weighted by atomic mass is 9.91. The number of hydrogen-bond donors (Lipinski definition) is 1. The van der Waals surface area contributed by atoms with Crippen LogP contribution >= 0.6 is 23.2 Å². The minimum atomic E-state index is -0.282. The van der Waals surface area contributed by atoms with Crippen molar-refractivity contribution >= 4 is 29.1 Å². The zero-order valence-corrected chi connectivity index (χ0v) is 20.8. The number of hydrogen-bond acceptors (Lipinski definition) is 5. The molecular formula is C25H26Cl2FN5O2. The maximum Gasteiger partial charge on any atom is 0.286 e. The van der Waals surface area contributed by atoms with Gasteiger partial charge in [0.05, 0.1) is 29.6 Å². The van der Waals surface area contributed by atoms with Crippen LogP contribution in [0.25, 0.3) is 5.69 Å². The van der Waals surface area contributed by atoms with Crippen molar-refractivity contribution in [2.75, 3.05) is 39.8 Å². The van der Waals surface area contributed by atoms with E-state index in [1.165, 1.54) is 12.1 Å². The van der Waals surface area contributed by atoms with Crippen LogP contribution in [0.2, 0.25) is 10.0 Å². The molecule has 1 fully saturated rings. The molecule has 35 heavy (non-hydrogen) atoms. The van der Waals surface area contributed by atoms with Crippen molar-refractivity contribution in [2.24, 2.45) is 0 Å². The van der Waals surface area contributed by atoms with E-state index in [-0.39, 0.29) is 24.2 Å². The van der Waals surface area contributed by atoms with Gasteiger partial charge in [-0.15, -0.1) is 0 Å². The molecule has 10 heteroatoms. The molecule has 1 N–H and O–H groups in total. The fourth-order valence-electron chi connectivity index (χ4n) is 4.60. The number of likely N-dealkylation sites (N-methyl/N-ethyl adjacent to an activating group) is 1. The third-order valence-corrected chi connectivity index (χ3v) is 7.02. The van der Waals surface area contributed by atoms with E-state index in [1.807, 2.05) is 5.01 Å². The number of carbonyl (C=O) groups excluding carboxylic acids is 1. The summed E-state index contributed by atoms with van der Waals surface area (Å²) < 4.78 is 21.1. The van der Waals surface area contributed by atoms with Gasteiger partial charge in [-0.25, -0.2) is 14.1 Å². The van der Waals surface area contributed by atoms with Gasteiger partial charge in [0.15, 0.2) is 5.69 Å². The predicted octanol–water partition coefficient (Wildman–Crippen LogP) is 4.07. The normalized spacial score (nSPS) is 18.9.